The number of ether oxygens (including phenoxy) is 3. The molecule has 0 amide bonds. The highest BCUT2D eigenvalue weighted by Gasteiger charge is 2.48. The van der Waals surface area contributed by atoms with Crippen LogP contribution < -0.4 is 4.74 Å². The molecule has 0 spiro atoms. The zero-order valence-corrected chi connectivity index (χ0v) is 20.9. The molecule has 0 saturated carbocycles. The summed E-state index contributed by atoms with van der Waals surface area (Å²) in [7, 11) is 0. The van der Waals surface area contributed by atoms with Crippen LogP contribution in [0.3, 0.4) is 0 Å². The van der Waals surface area contributed by atoms with Gasteiger partial charge in [0.1, 0.15) is 17.5 Å². The molecule has 0 aliphatic carbocycles. The SMILES string of the molecule is Cc1ccc(OC(C)(C)C2COC(CCc3ccc(Cl)cc3)(Cn3ccnc3)O2)c(C)c1C. The number of hydrogen-bond donors (Lipinski definition) is 0. The lowest BCUT2D eigenvalue weighted by atomic mass is 10.00. The van der Waals surface area contributed by atoms with Crippen LogP contribution in [0.2, 0.25) is 5.02 Å². The third-order valence-electron chi connectivity index (χ3n) is 6.70. The molecule has 4 rings (SSSR count). The van der Waals surface area contributed by atoms with Crippen molar-refractivity contribution in [2.45, 2.75) is 71.5 Å². The summed E-state index contributed by atoms with van der Waals surface area (Å²) in [6, 6.07) is 12.1. The van der Waals surface area contributed by atoms with E-state index in [1.807, 2.05) is 22.9 Å². The highest BCUT2D eigenvalue weighted by Crippen LogP contribution is 2.37. The molecule has 1 aliphatic heterocycles. The summed E-state index contributed by atoms with van der Waals surface area (Å²) in [6.07, 6.45) is 6.81. The second-order valence-electron chi connectivity index (χ2n) is 9.53. The maximum Gasteiger partial charge on any atom is 0.187 e. The van der Waals surface area contributed by atoms with Crippen molar-refractivity contribution in [2.24, 2.45) is 0 Å². The van der Waals surface area contributed by atoms with E-state index >= 15 is 0 Å². The first-order valence-electron chi connectivity index (χ1n) is 11.5. The second kappa shape index (κ2) is 9.49. The summed E-state index contributed by atoms with van der Waals surface area (Å²) in [6.45, 7) is 11.5. The van der Waals surface area contributed by atoms with E-state index in [0.29, 0.717) is 19.6 Å². The van der Waals surface area contributed by atoms with Crippen LogP contribution >= 0.6 is 11.6 Å². The Labute approximate surface area is 201 Å². The lowest BCUT2D eigenvalue weighted by molar-refractivity contribution is -0.197. The lowest BCUT2D eigenvalue weighted by Gasteiger charge is -2.34. The molecule has 176 valence electrons. The standard InChI is InChI=1S/C27H33ClN2O3/c1-19-6-11-24(21(3)20(19)2)32-26(4,5)25-16-31-27(33-25,17-30-15-14-29-18-30)13-12-22-7-9-23(28)10-8-22/h6-11,14-15,18,25H,12-13,16-17H2,1-5H3. The Bertz CT molecular complexity index is 1080. The van der Waals surface area contributed by atoms with Gasteiger partial charge in [-0.15, -0.1) is 0 Å². The molecular formula is C27H33ClN2O3. The Morgan fingerprint density at radius 1 is 1.12 bits per heavy atom. The van der Waals surface area contributed by atoms with Gasteiger partial charge in [0.15, 0.2) is 5.79 Å². The number of halogens is 1. The van der Waals surface area contributed by atoms with Crippen LogP contribution in [-0.2, 0) is 22.4 Å². The van der Waals surface area contributed by atoms with Gasteiger partial charge in [-0.3, -0.25) is 0 Å². The van der Waals surface area contributed by atoms with E-state index in [1.54, 1.807) is 12.5 Å². The third kappa shape index (κ3) is 5.43. The van der Waals surface area contributed by atoms with Crippen molar-refractivity contribution in [1.29, 1.82) is 0 Å². The Hall–Kier alpha value is -2.34. The summed E-state index contributed by atoms with van der Waals surface area (Å²) >= 11 is 6.05. The van der Waals surface area contributed by atoms with E-state index in [2.05, 4.69) is 63.9 Å². The van der Waals surface area contributed by atoms with Gasteiger partial charge in [-0.25, -0.2) is 4.98 Å². The molecule has 1 saturated heterocycles. The molecule has 2 heterocycles. The van der Waals surface area contributed by atoms with Crippen molar-refractivity contribution >= 4 is 11.6 Å². The van der Waals surface area contributed by atoms with Crippen LogP contribution in [0.5, 0.6) is 5.75 Å². The van der Waals surface area contributed by atoms with Crippen LogP contribution in [0.4, 0.5) is 0 Å². The molecule has 2 atom stereocenters. The monoisotopic (exact) mass is 468 g/mol. The predicted octanol–water partition coefficient (Wildman–Crippen LogP) is 6.06. The molecule has 2 unspecified atom stereocenters. The van der Waals surface area contributed by atoms with Crippen LogP contribution in [0, 0.1) is 20.8 Å². The van der Waals surface area contributed by atoms with Crippen molar-refractivity contribution in [3.63, 3.8) is 0 Å². The average Bonchev–Trinajstić information content (AvgIpc) is 3.45. The average molecular weight is 469 g/mol. The Morgan fingerprint density at radius 2 is 1.88 bits per heavy atom. The largest absolute Gasteiger partial charge is 0.485 e. The van der Waals surface area contributed by atoms with Crippen LogP contribution in [0.25, 0.3) is 0 Å². The first-order chi connectivity index (χ1) is 15.7. The molecule has 2 aromatic carbocycles. The smallest absolute Gasteiger partial charge is 0.187 e. The lowest BCUT2D eigenvalue weighted by Crippen LogP contribution is -2.46. The molecule has 1 aliphatic rings. The van der Waals surface area contributed by atoms with Crippen molar-refractivity contribution in [3.05, 3.63) is 82.4 Å². The normalized spacial score (nSPS) is 20.8. The van der Waals surface area contributed by atoms with E-state index in [1.165, 1.54) is 16.7 Å². The summed E-state index contributed by atoms with van der Waals surface area (Å²) in [4.78, 5) is 4.18. The molecular weight excluding hydrogens is 436 g/mol. The fourth-order valence-electron chi connectivity index (χ4n) is 4.23. The predicted molar refractivity (Wildman–Crippen MR) is 131 cm³/mol. The fourth-order valence-corrected chi connectivity index (χ4v) is 4.35. The minimum atomic E-state index is -0.760. The molecule has 0 N–H and O–H groups in total. The number of benzene rings is 2. The third-order valence-corrected chi connectivity index (χ3v) is 6.95. The number of rotatable bonds is 8. The summed E-state index contributed by atoms with van der Waals surface area (Å²) < 4.78 is 21.6. The van der Waals surface area contributed by atoms with E-state index in [0.717, 1.165) is 22.8 Å². The number of nitrogens with zero attached hydrogens (tertiary/aromatic N) is 2. The van der Waals surface area contributed by atoms with Crippen molar-refractivity contribution < 1.29 is 14.2 Å². The summed E-state index contributed by atoms with van der Waals surface area (Å²) in [5, 5.41) is 0.737. The van der Waals surface area contributed by atoms with Crippen LogP contribution in [0.1, 0.15) is 42.5 Å². The van der Waals surface area contributed by atoms with Crippen molar-refractivity contribution in [1.82, 2.24) is 9.55 Å². The minimum absolute atomic E-state index is 0.216. The van der Waals surface area contributed by atoms with Crippen molar-refractivity contribution in [3.8, 4) is 5.75 Å². The fraction of sp³-hybridized carbons (Fsp3) is 0.444. The first-order valence-corrected chi connectivity index (χ1v) is 11.8. The number of aromatic nitrogens is 2. The number of hydrogen-bond acceptors (Lipinski definition) is 4. The number of imidazole rings is 1. The molecule has 3 aromatic rings. The Kier molecular flexibility index (Phi) is 6.85. The highest BCUT2D eigenvalue weighted by molar-refractivity contribution is 6.30. The highest BCUT2D eigenvalue weighted by atomic mass is 35.5. The van der Waals surface area contributed by atoms with E-state index in [4.69, 9.17) is 25.8 Å². The second-order valence-corrected chi connectivity index (χ2v) is 9.96. The summed E-state index contributed by atoms with van der Waals surface area (Å²) in [5.41, 5.74) is 4.31. The maximum absolute atomic E-state index is 6.68. The number of aryl methyl sites for hydroxylation is 2. The van der Waals surface area contributed by atoms with Gasteiger partial charge in [-0.2, -0.15) is 0 Å². The summed E-state index contributed by atoms with van der Waals surface area (Å²) in [5.74, 6) is 0.129. The van der Waals surface area contributed by atoms with Crippen LogP contribution in [0.15, 0.2) is 55.1 Å². The van der Waals surface area contributed by atoms with Crippen LogP contribution in [-0.4, -0.2) is 33.7 Å². The zero-order chi connectivity index (χ0) is 23.6. The van der Waals surface area contributed by atoms with E-state index in [9.17, 15) is 0 Å². The maximum atomic E-state index is 6.68. The Morgan fingerprint density at radius 3 is 2.58 bits per heavy atom. The first kappa shape index (κ1) is 23.8. The van der Waals surface area contributed by atoms with Gasteiger partial charge < -0.3 is 18.8 Å². The van der Waals surface area contributed by atoms with Gasteiger partial charge in [0.2, 0.25) is 0 Å². The zero-order valence-electron chi connectivity index (χ0n) is 20.1. The minimum Gasteiger partial charge on any atom is -0.485 e. The van der Waals surface area contributed by atoms with Gasteiger partial charge in [0, 0.05) is 23.8 Å². The van der Waals surface area contributed by atoms with Gasteiger partial charge in [0.05, 0.1) is 19.5 Å². The van der Waals surface area contributed by atoms with E-state index in [-0.39, 0.29) is 6.10 Å². The molecule has 1 fully saturated rings. The van der Waals surface area contributed by atoms with Gasteiger partial charge in [-0.1, -0.05) is 29.8 Å². The molecule has 5 nitrogen and oxygen atoms in total. The van der Waals surface area contributed by atoms with E-state index < -0.39 is 11.4 Å². The Balaban J connectivity index is 1.52. The molecule has 0 bridgehead atoms. The van der Waals surface area contributed by atoms with Gasteiger partial charge >= 0.3 is 0 Å². The molecule has 33 heavy (non-hydrogen) atoms. The molecule has 0 radical (unpaired) electrons. The van der Waals surface area contributed by atoms with Crippen molar-refractivity contribution in [2.75, 3.05) is 6.61 Å². The van der Waals surface area contributed by atoms with Gasteiger partial charge in [0.25, 0.3) is 0 Å². The topological polar surface area (TPSA) is 45.5 Å². The van der Waals surface area contributed by atoms with Gasteiger partial charge in [-0.05, 0) is 81.5 Å². The molecule has 6 heteroatoms. The molecule has 1 aromatic heterocycles. The quantitative estimate of drug-likeness (QED) is 0.403.